The number of hydrogen-bond donors (Lipinski definition) is 2. The molecular formula is C18H20N2O6S. The highest BCUT2D eigenvalue weighted by Crippen LogP contribution is 2.13. The predicted molar refractivity (Wildman–Crippen MR) is 97.8 cm³/mol. The normalized spacial score (nSPS) is 10.9. The Balaban J connectivity index is 1.75. The lowest BCUT2D eigenvalue weighted by atomic mass is 10.1. The summed E-state index contributed by atoms with van der Waals surface area (Å²) < 4.78 is 32.4. The summed E-state index contributed by atoms with van der Waals surface area (Å²) in [5.41, 5.74) is 1.12. The van der Waals surface area contributed by atoms with Crippen LogP contribution in [0.2, 0.25) is 0 Å². The lowest BCUT2D eigenvalue weighted by Crippen LogP contribution is -2.30. The summed E-state index contributed by atoms with van der Waals surface area (Å²) in [6.07, 6.45) is 0.487. The number of sulfonamides is 1. The molecule has 1 amide bonds. The third-order valence-electron chi connectivity index (χ3n) is 3.63. The topological polar surface area (TPSA) is 125 Å². The van der Waals surface area contributed by atoms with Gasteiger partial charge in [0.1, 0.15) is 5.75 Å². The van der Waals surface area contributed by atoms with Crippen LogP contribution in [0.3, 0.4) is 0 Å². The first-order valence-electron chi connectivity index (χ1n) is 7.99. The minimum Gasteiger partial charge on any atom is -0.497 e. The minimum absolute atomic E-state index is 0.0275. The fourth-order valence-corrected chi connectivity index (χ4v) is 2.72. The monoisotopic (exact) mass is 392 g/mol. The van der Waals surface area contributed by atoms with Crippen molar-refractivity contribution in [3.63, 3.8) is 0 Å². The van der Waals surface area contributed by atoms with Gasteiger partial charge in [-0.15, -0.1) is 0 Å². The number of nitrogens with two attached hydrogens (primary N) is 1. The summed E-state index contributed by atoms with van der Waals surface area (Å²) in [6, 6.07) is 12.5. The Morgan fingerprint density at radius 2 is 1.81 bits per heavy atom. The molecule has 9 heteroatoms. The number of esters is 1. The third kappa shape index (κ3) is 6.39. The highest BCUT2D eigenvalue weighted by molar-refractivity contribution is 7.89. The molecule has 2 aromatic rings. The van der Waals surface area contributed by atoms with Gasteiger partial charge >= 0.3 is 5.97 Å². The molecule has 27 heavy (non-hydrogen) atoms. The van der Waals surface area contributed by atoms with Crippen LogP contribution >= 0.6 is 0 Å². The maximum atomic E-state index is 11.9. The number of rotatable bonds is 8. The van der Waals surface area contributed by atoms with E-state index in [4.69, 9.17) is 14.6 Å². The van der Waals surface area contributed by atoms with Crippen LogP contribution in [-0.2, 0) is 26.0 Å². The van der Waals surface area contributed by atoms with Gasteiger partial charge in [0, 0.05) is 6.54 Å². The Morgan fingerprint density at radius 1 is 1.11 bits per heavy atom. The van der Waals surface area contributed by atoms with Gasteiger partial charge in [-0.2, -0.15) is 0 Å². The Kier molecular flexibility index (Phi) is 6.91. The predicted octanol–water partition coefficient (Wildman–Crippen LogP) is 0.858. The van der Waals surface area contributed by atoms with Crippen LogP contribution in [0, 0.1) is 0 Å². The van der Waals surface area contributed by atoms with Gasteiger partial charge in [0.15, 0.2) is 6.61 Å². The number of ether oxygens (including phenoxy) is 2. The van der Waals surface area contributed by atoms with Crippen LogP contribution in [-0.4, -0.2) is 40.6 Å². The maximum absolute atomic E-state index is 11.9. The molecule has 0 heterocycles. The molecule has 0 saturated carbocycles. The van der Waals surface area contributed by atoms with Crippen molar-refractivity contribution >= 4 is 21.9 Å². The maximum Gasteiger partial charge on any atom is 0.338 e. The van der Waals surface area contributed by atoms with Gasteiger partial charge < -0.3 is 14.8 Å². The minimum atomic E-state index is -3.72. The van der Waals surface area contributed by atoms with E-state index in [1.54, 1.807) is 30.3 Å². The van der Waals surface area contributed by atoms with Crippen molar-refractivity contribution in [2.75, 3.05) is 20.3 Å². The van der Waals surface area contributed by atoms with Crippen molar-refractivity contribution in [2.24, 2.45) is 5.14 Å². The van der Waals surface area contributed by atoms with Gasteiger partial charge in [0.25, 0.3) is 5.91 Å². The van der Waals surface area contributed by atoms with Crippen LogP contribution in [0.4, 0.5) is 0 Å². The van der Waals surface area contributed by atoms with Crippen molar-refractivity contribution in [3.05, 3.63) is 59.7 Å². The van der Waals surface area contributed by atoms with Crippen molar-refractivity contribution in [3.8, 4) is 5.75 Å². The molecule has 0 unspecified atom stereocenters. The standard InChI is InChI=1S/C18H20N2O6S/c1-25-15-4-2-3-14(11-15)18(22)26-12-17(21)20-10-9-13-5-7-16(8-6-13)27(19,23)24/h2-8,11H,9-10,12H2,1H3,(H,20,21)(H2,19,23,24). The summed E-state index contributed by atoms with van der Waals surface area (Å²) in [6.45, 7) is -0.0926. The number of hydrogen-bond acceptors (Lipinski definition) is 6. The molecule has 0 aromatic heterocycles. The van der Waals surface area contributed by atoms with E-state index < -0.39 is 28.5 Å². The molecule has 0 aliphatic heterocycles. The molecule has 0 spiro atoms. The van der Waals surface area contributed by atoms with E-state index in [0.29, 0.717) is 18.7 Å². The summed E-state index contributed by atoms with van der Waals surface area (Å²) in [7, 11) is -2.24. The Hall–Kier alpha value is -2.91. The number of nitrogens with one attached hydrogen (secondary N) is 1. The summed E-state index contributed by atoms with van der Waals surface area (Å²) in [4.78, 5) is 23.7. The smallest absolute Gasteiger partial charge is 0.338 e. The van der Waals surface area contributed by atoms with Crippen molar-refractivity contribution in [1.82, 2.24) is 5.32 Å². The molecule has 2 rings (SSSR count). The first-order valence-corrected chi connectivity index (χ1v) is 9.54. The molecule has 2 aromatic carbocycles. The van der Waals surface area contributed by atoms with E-state index in [1.165, 1.54) is 25.3 Å². The summed E-state index contributed by atoms with van der Waals surface area (Å²) >= 11 is 0. The quantitative estimate of drug-likeness (QED) is 0.642. The van der Waals surface area contributed by atoms with E-state index in [2.05, 4.69) is 5.32 Å². The fourth-order valence-electron chi connectivity index (χ4n) is 2.21. The zero-order valence-corrected chi connectivity index (χ0v) is 15.5. The van der Waals surface area contributed by atoms with E-state index >= 15 is 0 Å². The Labute approximate surface area is 157 Å². The first-order chi connectivity index (χ1) is 12.8. The van der Waals surface area contributed by atoms with E-state index in [0.717, 1.165) is 5.56 Å². The second kappa shape index (κ2) is 9.15. The molecule has 8 nitrogen and oxygen atoms in total. The van der Waals surface area contributed by atoms with Gasteiger partial charge in [0.2, 0.25) is 10.0 Å². The fraction of sp³-hybridized carbons (Fsp3) is 0.222. The van der Waals surface area contributed by atoms with Crippen molar-refractivity contribution in [1.29, 1.82) is 0 Å². The zero-order valence-electron chi connectivity index (χ0n) is 14.7. The lowest BCUT2D eigenvalue weighted by Gasteiger charge is -2.08. The van der Waals surface area contributed by atoms with Crippen molar-refractivity contribution in [2.45, 2.75) is 11.3 Å². The molecule has 0 radical (unpaired) electrons. The van der Waals surface area contributed by atoms with Crippen LogP contribution < -0.4 is 15.2 Å². The number of carbonyl (C=O) groups is 2. The third-order valence-corrected chi connectivity index (χ3v) is 4.56. The Morgan fingerprint density at radius 3 is 2.44 bits per heavy atom. The highest BCUT2D eigenvalue weighted by atomic mass is 32.2. The molecule has 0 aliphatic rings. The largest absolute Gasteiger partial charge is 0.497 e. The molecule has 144 valence electrons. The Bertz CT molecular complexity index is 910. The molecule has 0 aliphatic carbocycles. The van der Waals surface area contributed by atoms with Crippen LogP contribution in [0.1, 0.15) is 15.9 Å². The molecule has 0 bridgehead atoms. The summed E-state index contributed by atoms with van der Waals surface area (Å²) in [5, 5.41) is 7.65. The zero-order chi connectivity index (χ0) is 19.9. The summed E-state index contributed by atoms with van der Waals surface area (Å²) in [5.74, 6) is -0.544. The van der Waals surface area contributed by atoms with Crippen molar-refractivity contribution < 1.29 is 27.5 Å². The van der Waals surface area contributed by atoms with Gasteiger partial charge in [-0.1, -0.05) is 18.2 Å². The highest BCUT2D eigenvalue weighted by Gasteiger charge is 2.11. The van der Waals surface area contributed by atoms with Crippen LogP contribution in [0.5, 0.6) is 5.75 Å². The molecule has 0 atom stereocenters. The van der Waals surface area contributed by atoms with E-state index in [1.807, 2.05) is 0 Å². The molecule has 3 N–H and O–H groups in total. The average molecular weight is 392 g/mol. The SMILES string of the molecule is COc1cccc(C(=O)OCC(=O)NCCc2ccc(S(N)(=O)=O)cc2)c1. The molecule has 0 fully saturated rings. The van der Waals surface area contributed by atoms with Gasteiger partial charge in [-0.05, 0) is 42.3 Å². The average Bonchev–Trinajstić information content (AvgIpc) is 2.66. The number of benzene rings is 2. The molecular weight excluding hydrogens is 372 g/mol. The van der Waals surface area contributed by atoms with Gasteiger partial charge in [0.05, 0.1) is 17.6 Å². The number of carbonyl (C=O) groups excluding carboxylic acids is 2. The lowest BCUT2D eigenvalue weighted by molar-refractivity contribution is -0.124. The number of amides is 1. The van der Waals surface area contributed by atoms with Crippen LogP contribution in [0.25, 0.3) is 0 Å². The number of primary sulfonamides is 1. The van der Waals surface area contributed by atoms with Gasteiger partial charge in [-0.3, -0.25) is 4.79 Å². The van der Waals surface area contributed by atoms with Gasteiger partial charge in [-0.25, -0.2) is 18.4 Å². The first kappa shape index (κ1) is 20.4. The second-order valence-corrected chi connectivity index (χ2v) is 7.16. The van der Waals surface area contributed by atoms with E-state index in [9.17, 15) is 18.0 Å². The van der Waals surface area contributed by atoms with Crippen LogP contribution in [0.15, 0.2) is 53.4 Å². The second-order valence-electron chi connectivity index (χ2n) is 5.60. The molecule has 0 saturated heterocycles. The van der Waals surface area contributed by atoms with E-state index in [-0.39, 0.29) is 10.5 Å². The number of methoxy groups -OCH3 is 1.